The summed E-state index contributed by atoms with van der Waals surface area (Å²) in [6, 6.07) is 20.8. The molecule has 0 radical (unpaired) electrons. The Bertz CT molecular complexity index is 1020. The number of hydrogen-bond donors (Lipinski definition) is 1. The SMILES string of the molecule is O=C(O)CCc1cc(F)c2c(c1)CCN(c1cccc(Oc3ccccc3)c1)C2. The number of fused-ring (bicyclic) bond motifs is 1. The van der Waals surface area contributed by atoms with Gasteiger partial charge in [0.15, 0.2) is 0 Å². The maximum Gasteiger partial charge on any atom is 0.303 e. The molecule has 0 saturated carbocycles. The molecule has 0 aliphatic carbocycles. The number of aliphatic carboxylic acids is 1. The summed E-state index contributed by atoms with van der Waals surface area (Å²) in [7, 11) is 0. The van der Waals surface area contributed by atoms with Crippen molar-refractivity contribution < 1.29 is 19.0 Å². The van der Waals surface area contributed by atoms with Crippen molar-refractivity contribution in [2.45, 2.75) is 25.8 Å². The van der Waals surface area contributed by atoms with Crippen LogP contribution in [0.15, 0.2) is 66.7 Å². The molecule has 0 amide bonds. The van der Waals surface area contributed by atoms with Crippen molar-refractivity contribution in [2.24, 2.45) is 0 Å². The van der Waals surface area contributed by atoms with Crippen LogP contribution in [0.25, 0.3) is 0 Å². The van der Waals surface area contributed by atoms with Crippen LogP contribution in [0.2, 0.25) is 0 Å². The Labute approximate surface area is 169 Å². The van der Waals surface area contributed by atoms with Crippen molar-refractivity contribution in [3.05, 3.63) is 89.2 Å². The summed E-state index contributed by atoms with van der Waals surface area (Å²) in [5, 5.41) is 8.85. The molecular weight excluding hydrogens is 369 g/mol. The zero-order chi connectivity index (χ0) is 20.2. The summed E-state index contributed by atoms with van der Waals surface area (Å²) in [5.74, 6) is 0.383. The number of para-hydroxylation sites is 1. The van der Waals surface area contributed by atoms with Gasteiger partial charge in [-0.25, -0.2) is 4.39 Å². The first-order valence-electron chi connectivity index (χ1n) is 9.68. The van der Waals surface area contributed by atoms with Gasteiger partial charge in [-0.3, -0.25) is 4.79 Å². The van der Waals surface area contributed by atoms with E-state index in [1.165, 1.54) is 6.07 Å². The van der Waals surface area contributed by atoms with Crippen LogP contribution in [-0.4, -0.2) is 17.6 Å². The molecule has 0 spiro atoms. The first kappa shape index (κ1) is 19.0. The number of rotatable bonds is 6. The van der Waals surface area contributed by atoms with Gasteiger partial charge < -0.3 is 14.7 Å². The third-order valence-corrected chi connectivity index (χ3v) is 5.14. The lowest BCUT2D eigenvalue weighted by Crippen LogP contribution is -2.31. The van der Waals surface area contributed by atoms with Crippen LogP contribution in [0.1, 0.15) is 23.1 Å². The number of hydrogen-bond acceptors (Lipinski definition) is 3. The third-order valence-electron chi connectivity index (χ3n) is 5.14. The molecule has 0 aromatic heterocycles. The Kier molecular flexibility index (Phi) is 5.47. The molecule has 3 aromatic carbocycles. The van der Waals surface area contributed by atoms with Crippen LogP contribution in [0, 0.1) is 5.82 Å². The molecule has 1 heterocycles. The van der Waals surface area contributed by atoms with E-state index in [1.54, 1.807) is 0 Å². The van der Waals surface area contributed by atoms with Crippen molar-refractivity contribution in [1.29, 1.82) is 0 Å². The van der Waals surface area contributed by atoms with Gasteiger partial charge in [-0.2, -0.15) is 0 Å². The third kappa shape index (κ3) is 4.57. The number of nitrogens with zero attached hydrogens (tertiary/aromatic N) is 1. The van der Waals surface area contributed by atoms with Gasteiger partial charge in [0.25, 0.3) is 0 Å². The van der Waals surface area contributed by atoms with E-state index in [0.717, 1.165) is 41.3 Å². The smallest absolute Gasteiger partial charge is 0.303 e. The highest BCUT2D eigenvalue weighted by Crippen LogP contribution is 2.31. The van der Waals surface area contributed by atoms with Gasteiger partial charge in [-0.05, 0) is 54.3 Å². The molecular formula is C24H22FNO3. The van der Waals surface area contributed by atoms with Gasteiger partial charge in [-0.15, -0.1) is 0 Å². The molecule has 1 aliphatic rings. The van der Waals surface area contributed by atoms with Crippen molar-refractivity contribution in [1.82, 2.24) is 0 Å². The standard InChI is InChI=1S/C24H22FNO3/c25-23-14-17(9-10-24(27)28)13-18-11-12-26(16-22(18)23)19-5-4-8-21(15-19)29-20-6-2-1-3-7-20/h1-8,13-15H,9-12,16H2,(H,27,28). The summed E-state index contributed by atoms with van der Waals surface area (Å²) in [6.07, 6.45) is 1.08. The second-order valence-electron chi connectivity index (χ2n) is 7.19. The fourth-order valence-electron chi connectivity index (χ4n) is 3.67. The quantitative estimate of drug-likeness (QED) is 0.628. The van der Waals surface area contributed by atoms with E-state index in [1.807, 2.05) is 60.7 Å². The molecule has 0 fully saturated rings. The molecule has 148 valence electrons. The van der Waals surface area contributed by atoms with E-state index in [0.29, 0.717) is 18.5 Å². The average Bonchev–Trinajstić information content (AvgIpc) is 2.73. The van der Waals surface area contributed by atoms with E-state index in [9.17, 15) is 9.18 Å². The molecule has 0 unspecified atom stereocenters. The number of carbonyl (C=O) groups is 1. The molecule has 3 aromatic rings. The number of ether oxygens (including phenoxy) is 1. The highest BCUT2D eigenvalue weighted by atomic mass is 19.1. The lowest BCUT2D eigenvalue weighted by molar-refractivity contribution is -0.136. The van der Waals surface area contributed by atoms with Gasteiger partial charge in [0.05, 0.1) is 0 Å². The van der Waals surface area contributed by atoms with Crippen LogP contribution in [0.5, 0.6) is 11.5 Å². The molecule has 4 rings (SSSR count). The van der Waals surface area contributed by atoms with Crippen LogP contribution < -0.4 is 9.64 Å². The summed E-state index contributed by atoms with van der Waals surface area (Å²) >= 11 is 0. The minimum Gasteiger partial charge on any atom is -0.481 e. The second kappa shape index (κ2) is 8.35. The Morgan fingerprint density at radius 3 is 2.62 bits per heavy atom. The number of aryl methyl sites for hydroxylation is 1. The summed E-state index contributed by atoms with van der Waals surface area (Å²) < 4.78 is 20.6. The average molecular weight is 391 g/mol. The zero-order valence-electron chi connectivity index (χ0n) is 16.0. The minimum absolute atomic E-state index is 0.0125. The van der Waals surface area contributed by atoms with Gasteiger partial charge in [0.1, 0.15) is 17.3 Å². The van der Waals surface area contributed by atoms with Crippen LogP contribution in [0.3, 0.4) is 0 Å². The molecule has 1 aliphatic heterocycles. The topological polar surface area (TPSA) is 49.8 Å². The minimum atomic E-state index is -0.869. The molecule has 0 saturated heterocycles. The lowest BCUT2D eigenvalue weighted by atomic mass is 9.94. The maximum absolute atomic E-state index is 14.7. The molecule has 29 heavy (non-hydrogen) atoms. The summed E-state index contributed by atoms with van der Waals surface area (Å²) in [5.41, 5.74) is 3.39. The van der Waals surface area contributed by atoms with E-state index >= 15 is 0 Å². The molecule has 5 heteroatoms. The molecule has 0 atom stereocenters. The van der Waals surface area contributed by atoms with Gasteiger partial charge in [0.2, 0.25) is 0 Å². The highest BCUT2D eigenvalue weighted by molar-refractivity contribution is 5.67. The number of halogens is 1. The van der Waals surface area contributed by atoms with Crippen molar-refractivity contribution in [3.8, 4) is 11.5 Å². The van der Waals surface area contributed by atoms with Crippen LogP contribution in [-0.2, 0) is 24.2 Å². The Morgan fingerprint density at radius 2 is 1.83 bits per heavy atom. The summed E-state index contributed by atoms with van der Waals surface area (Å²) in [4.78, 5) is 12.9. The van der Waals surface area contributed by atoms with Crippen molar-refractivity contribution >= 4 is 11.7 Å². The zero-order valence-corrected chi connectivity index (χ0v) is 16.0. The highest BCUT2D eigenvalue weighted by Gasteiger charge is 2.21. The lowest BCUT2D eigenvalue weighted by Gasteiger charge is -2.31. The van der Waals surface area contributed by atoms with Gasteiger partial charge in [0, 0.05) is 36.8 Å². The number of carboxylic acids is 1. The number of carboxylic acid groups (broad SMARTS) is 1. The number of anilines is 1. The maximum atomic E-state index is 14.7. The van der Waals surface area contributed by atoms with E-state index in [2.05, 4.69) is 4.90 Å². The fraction of sp³-hybridized carbons (Fsp3) is 0.208. The van der Waals surface area contributed by atoms with Crippen LogP contribution >= 0.6 is 0 Å². The predicted octanol–water partition coefficient (Wildman–Crippen LogP) is 5.20. The van der Waals surface area contributed by atoms with E-state index in [-0.39, 0.29) is 12.2 Å². The molecule has 1 N–H and O–H groups in total. The predicted molar refractivity (Wildman–Crippen MR) is 110 cm³/mol. The van der Waals surface area contributed by atoms with Crippen molar-refractivity contribution in [3.63, 3.8) is 0 Å². The Balaban J connectivity index is 1.51. The van der Waals surface area contributed by atoms with Crippen LogP contribution in [0.4, 0.5) is 10.1 Å². The van der Waals surface area contributed by atoms with E-state index in [4.69, 9.17) is 9.84 Å². The Morgan fingerprint density at radius 1 is 1.03 bits per heavy atom. The number of benzene rings is 3. The van der Waals surface area contributed by atoms with E-state index < -0.39 is 5.97 Å². The second-order valence-corrected chi connectivity index (χ2v) is 7.19. The normalized spacial score (nSPS) is 13.1. The molecule has 4 nitrogen and oxygen atoms in total. The Hall–Kier alpha value is -3.34. The van der Waals surface area contributed by atoms with Crippen molar-refractivity contribution in [2.75, 3.05) is 11.4 Å². The van der Waals surface area contributed by atoms with Gasteiger partial charge >= 0.3 is 5.97 Å². The largest absolute Gasteiger partial charge is 0.481 e. The first-order chi connectivity index (χ1) is 14.1. The van der Waals surface area contributed by atoms with Gasteiger partial charge in [-0.1, -0.05) is 30.3 Å². The summed E-state index contributed by atoms with van der Waals surface area (Å²) in [6.45, 7) is 1.25. The first-order valence-corrected chi connectivity index (χ1v) is 9.68. The monoisotopic (exact) mass is 391 g/mol. The molecule has 0 bridgehead atoms. The fourth-order valence-corrected chi connectivity index (χ4v) is 3.67.